The van der Waals surface area contributed by atoms with Crippen LogP contribution in [0.1, 0.15) is 38.2 Å². The summed E-state index contributed by atoms with van der Waals surface area (Å²) in [4.78, 5) is 11.9. The molecule has 0 radical (unpaired) electrons. The zero-order chi connectivity index (χ0) is 15.8. The summed E-state index contributed by atoms with van der Waals surface area (Å²) in [5, 5.41) is 14.8. The normalized spacial score (nSPS) is 17.4. The Morgan fingerprint density at radius 1 is 1.27 bits per heavy atom. The number of hydrogen-bond acceptors (Lipinski definition) is 2. The van der Waals surface area contributed by atoms with Crippen LogP contribution >= 0.6 is 0 Å². The number of aliphatic hydroxyl groups excluding tert-OH is 1. The summed E-state index contributed by atoms with van der Waals surface area (Å²) in [6.45, 7) is 3.55. The van der Waals surface area contributed by atoms with Crippen molar-refractivity contribution in [2.24, 2.45) is 11.3 Å². The lowest BCUT2D eigenvalue weighted by atomic mass is 9.65. The van der Waals surface area contributed by atoms with Crippen LogP contribution in [0, 0.1) is 11.3 Å². The quantitative estimate of drug-likeness (QED) is 0.691. The van der Waals surface area contributed by atoms with Crippen LogP contribution in [0.4, 0.5) is 4.79 Å². The third-order valence-electron chi connectivity index (χ3n) is 4.69. The van der Waals surface area contributed by atoms with Crippen molar-refractivity contribution < 1.29 is 9.90 Å². The molecule has 1 aromatic rings. The van der Waals surface area contributed by atoms with Crippen LogP contribution in [0.5, 0.6) is 0 Å². The molecule has 4 nitrogen and oxygen atoms in total. The fourth-order valence-corrected chi connectivity index (χ4v) is 3.04. The van der Waals surface area contributed by atoms with Crippen molar-refractivity contribution >= 4 is 6.03 Å². The van der Waals surface area contributed by atoms with E-state index in [1.165, 1.54) is 24.8 Å². The fourth-order valence-electron chi connectivity index (χ4n) is 3.04. The molecule has 0 bridgehead atoms. The van der Waals surface area contributed by atoms with E-state index in [9.17, 15) is 4.79 Å². The lowest BCUT2D eigenvalue weighted by Gasteiger charge is -2.42. The highest BCUT2D eigenvalue weighted by Gasteiger charge is 2.37. The van der Waals surface area contributed by atoms with Gasteiger partial charge >= 0.3 is 6.03 Å². The first-order chi connectivity index (χ1) is 10.6. The number of nitrogens with one attached hydrogen (secondary N) is 2. The van der Waals surface area contributed by atoms with Crippen LogP contribution in [0.15, 0.2) is 30.3 Å². The summed E-state index contributed by atoms with van der Waals surface area (Å²) in [5.74, 6) is 0.303. The number of carbonyl (C=O) groups is 1. The molecule has 1 atom stereocenters. The van der Waals surface area contributed by atoms with Crippen LogP contribution in [0.2, 0.25) is 0 Å². The Labute approximate surface area is 133 Å². The number of carbonyl (C=O) groups excluding carboxylic acids is 1. The SMILES string of the molecule is CC(CCO)CNC(=O)NCC1(Cc2ccccc2)CCC1. The smallest absolute Gasteiger partial charge is 0.314 e. The molecule has 0 spiro atoms. The molecule has 1 aromatic carbocycles. The molecular weight excluding hydrogens is 276 g/mol. The van der Waals surface area contributed by atoms with E-state index in [0.29, 0.717) is 12.5 Å². The van der Waals surface area contributed by atoms with Gasteiger partial charge < -0.3 is 15.7 Å². The van der Waals surface area contributed by atoms with Crippen LogP contribution in [0.25, 0.3) is 0 Å². The Morgan fingerprint density at radius 2 is 2.00 bits per heavy atom. The van der Waals surface area contributed by atoms with Crippen molar-refractivity contribution in [3.05, 3.63) is 35.9 Å². The van der Waals surface area contributed by atoms with E-state index in [1.807, 2.05) is 13.0 Å². The standard InChI is InChI=1S/C18H28N2O2/c1-15(8-11-21)13-19-17(22)20-14-18(9-5-10-18)12-16-6-3-2-4-7-16/h2-4,6-7,15,21H,5,8-14H2,1H3,(H2,19,20,22). The molecule has 0 aromatic heterocycles. The van der Waals surface area contributed by atoms with Gasteiger partial charge in [-0.3, -0.25) is 0 Å². The van der Waals surface area contributed by atoms with Crippen LogP contribution in [-0.2, 0) is 6.42 Å². The van der Waals surface area contributed by atoms with Crippen LogP contribution < -0.4 is 10.6 Å². The zero-order valence-electron chi connectivity index (χ0n) is 13.5. The van der Waals surface area contributed by atoms with E-state index in [0.717, 1.165) is 19.4 Å². The highest BCUT2D eigenvalue weighted by molar-refractivity contribution is 5.73. The second kappa shape index (κ2) is 8.18. The Kier molecular flexibility index (Phi) is 6.25. The molecular formula is C18H28N2O2. The maximum Gasteiger partial charge on any atom is 0.314 e. The van der Waals surface area contributed by atoms with Gasteiger partial charge in [-0.05, 0) is 42.6 Å². The van der Waals surface area contributed by atoms with Gasteiger partial charge in [-0.2, -0.15) is 0 Å². The van der Waals surface area contributed by atoms with E-state index in [2.05, 4.69) is 34.9 Å². The predicted molar refractivity (Wildman–Crippen MR) is 88.7 cm³/mol. The zero-order valence-corrected chi connectivity index (χ0v) is 13.5. The lowest BCUT2D eigenvalue weighted by Crippen LogP contribution is -2.47. The molecule has 4 heteroatoms. The predicted octanol–water partition coefficient (Wildman–Crippen LogP) is 2.72. The highest BCUT2D eigenvalue weighted by atomic mass is 16.3. The average Bonchev–Trinajstić information content (AvgIpc) is 2.49. The van der Waals surface area contributed by atoms with Crippen molar-refractivity contribution in [1.82, 2.24) is 10.6 Å². The van der Waals surface area contributed by atoms with E-state index < -0.39 is 0 Å². The molecule has 0 saturated heterocycles. The highest BCUT2D eigenvalue weighted by Crippen LogP contribution is 2.43. The van der Waals surface area contributed by atoms with Gasteiger partial charge in [0.15, 0.2) is 0 Å². The minimum Gasteiger partial charge on any atom is -0.396 e. The summed E-state index contributed by atoms with van der Waals surface area (Å²) in [7, 11) is 0. The number of urea groups is 1. The lowest BCUT2D eigenvalue weighted by molar-refractivity contribution is 0.131. The Balaban J connectivity index is 1.75. The van der Waals surface area contributed by atoms with Gasteiger partial charge in [-0.15, -0.1) is 0 Å². The summed E-state index contributed by atoms with van der Waals surface area (Å²) in [6.07, 6.45) is 5.38. The summed E-state index contributed by atoms with van der Waals surface area (Å²) < 4.78 is 0. The van der Waals surface area contributed by atoms with Crippen LogP contribution in [-0.4, -0.2) is 30.8 Å². The van der Waals surface area contributed by atoms with Crippen molar-refractivity contribution in [1.29, 1.82) is 0 Å². The molecule has 122 valence electrons. The molecule has 3 N–H and O–H groups in total. The van der Waals surface area contributed by atoms with Gasteiger partial charge in [0.05, 0.1) is 0 Å². The molecule has 2 amide bonds. The molecule has 1 aliphatic rings. The number of benzene rings is 1. The summed E-state index contributed by atoms with van der Waals surface area (Å²) in [5.41, 5.74) is 1.58. The van der Waals surface area contributed by atoms with Gasteiger partial charge in [0.1, 0.15) is 0 Å². The van der Waals surface area contributed by atoms with Crippen LogP contribution in [0.3, 0.4) is 0 Å². The fraction of sp³-hybridized carbons (Fsp3) is 0.611. The maximum absolute atomic E-state index is 11.9. The number of aliphatic hydroxyl groups is 1. The second-order valence-corrected chi connectivity index (χ2v) is 6.70. The minimum absolute atomic E-state index is 0.0934. The first kappa shape index (κ1) is 16.8. The van der Waals surface area contributed by atoms with E-state index in [4.69, 9.17) is 5.11 Å². The largest absolute Gasteiger partial charge is 0.396 e. The van der Waals surface area contributed by atoms with Crippen molar-refractivity contribution in [3.8, 4) is 0 Å². The third kappa shape index (κ3) is 5.02. The topological polar surface area (TPSA) is 61.4 Å². The number of amides is 2. The Hall–Kier alpha value is -1.55. The van der Waals surface area contributed by atoms with Gasteiger partial charge in [-0.1, -0.05) is 43.7 Å². The first-order valence-corrected chi connectivity index (χ1v) is 8.30. The van der Waals surface area contributed by atoms with E-state index in [-0.39, 0.29) is 18.1 Å². The van der Waals surface area contributed by atoms with Gasteiger partial charge in [0.25, 0.3) is 0 Å². The van der Waals surface area contributed by atoms with Gasteiger partial charge in [0, 0.05) is 19.7 Å². The molecule has 1 aliphatic carbocycles. The monoisotopic (exact) mass is 304 g/mol. The third-order valence-corrected chi connectivity index (χ3v) is 4.69. The number of hydrogen-bond donors (Lipinski definition) is 3. The van der Waals surface area contributed by atoms with Gasteiger partial charge in [-0.25, -0.2) is 4.79 Å². The van der Waals surface area contributed by atoms with E-state index in [1.54, 1.807) is 0 Å². The molecule has 2 rings (SSSR count). The van der Waals surface area contributed by atoms with E-state index >= 15 is 0 Å². The summed E-state index contributed by atoms with van der Waals surface area (Å²) in [6, 6.07) is 10.4. The Bertz CT molecular complexity index is 457. The van der Waals surface area contributed by atoms with Crippen molar-refractivity contribution in [2.75, 3.05) is 19.7 Å². The second-order valence-electron chi connectivity index (χ2n) is 6.70. The Morgan fingerprint density at radius 3 is 2.59 bits per heavy atom. The average molecular weight is 304 g/mol. The molecule has 22 heavy (non-hydrogen) atoms. The van der Waals surface area contributed by atoms with Gasteiger partial charge in [0.2, 0.25) is 0 Å². The van der Waals surface area contributed by atoms with Crippen molar-refractivity contribution in [2.45, 2.75) is 39.0 Å². The van der Waals surface area contributed by atoms with Crippen molar-refractivity contribution in [3.63, 3.8) is 0 Å². The minimum atomic E-state index is -0.0934. The molecule has 1 unspecified atom stereocenters. The molecule has 1 fully saturated rings. The molecule has 0 aliphatic heterocycles. The summed E-state index contributed by atoms with van der Waals surface area (Å²) >= 11 is 0. The number of rotatable bonds is 8. The molecule has 0 heterocycles. The molecule has 1 saturated carbocycles. The maximum atomic E-state index is 11.9. The first-order valence-electron chi connectivity index (χ1n) is 8.30.